The zero-order chi connectivity index (χ0) is 13.4. The maximum atomic E-state index is 11.9. The Labute approximate surface area is 111 Å². The molecule has 1 N–H and O–H groups in total. The summed E-state index contributed by atoms with van der Waals surface area (Å²) >= 11 is 0. The molecule has 1 atom stereocenters. The number of carbonyl (C=O) groups is 1. The van der Waals surface area contributed by atoms with Gasteiger partial charge in [-0.3, -0.25) is 4.79 Å². The number of nitrogens with one attached hydrogen (secondary N) is 1. The van der Waals surface area contributed by atoms with Crippen molar-refractivity contribution in [3.63, 3.8) is 0 Å². The second-order valence-corrected chi connectivity index (χ2v) is 5.14. The molecule has 1 aliphatic carbocycles. The molecule has 0 aromatic carbocycles. The smallest absolute Gasteiger partial charge is 0.324 e. The van der Waals surface area contributed by atoms with Gasteiger partial charge in [-0.25, -0.2) is 0 Å². The lowest BCUT2D eigenvalue weighted by Crippen LogP contribution is -2.48. The van der Waals surface area contributed by atoms with Crippen LogP contribution in [-0.4, -0.2) is 49.7 Å². The van der Waals surface area contributed by atoms with Gasteiger partial charge in [0.15, 0.2) is 0 Å². The molecule has 18 heavy (non-hydrogen) atoms. The van der Waals surface area contributed by atoms with Crippen LogP contribution in [0.15, 0.2) is 0 Å². The van der Waals surface area contributed by atoms with Gasteiger partial charge in [-0.1, -0.05) is 19.8 Å². The maximum Gasteiger partial charge on any atom is 0.324 e. The molecule has 0 aromatic rings. The largest absolute Gasteiger partial charge is 0.465 e. The Bertz CT molecular complexity index is 240. The van der Waals surface area contributed by atoms with E-state index in [4.69, 9.17) is 4.74 Å². The van der Waals surface area contributed by atoms with Crippen molar-refractivity contribution in [2.45, 2.75) is 58.0 Å². The maximum absolute atomic E-state index is 11.9. The predicted molar refractivity (Wildman–Crippen MR) is 73.6 cm³/mol. The average molecular weight is 256 g/mol. The Balaban J connectivity index is 2.45. The fourth-order valence-electron chi connectivity index (χ4n) is 2.57. The van der Waals surface area contributed by atoms with Gasteiger partial charge in [0, 0.05) is 12.6 Å². The average Bonchev–Trinajstić information content (AvgIpc) is 2.88. The van der Waals surface area contributed by atoms with Gasteiger partial charge in [0.25, 0.3) is 0 Å². The molecule has 4 heteroatoms. The lowest BCUT2D eigenvalue weighted by molar-refractivity contribution is -0.146. The van der Waals surface area contributed by atoms with E-state index in [1.54, 1.807) is 0 Å². The van der Waals surface area contributed by atoms with Crippen molar-refractivity contribution in [1.82, 2.24) is 10.2 Å². The zero-order valence-electron chi connectivity index (χ0n) is 12.1. The number of rotatable bonds is 8. The van der Waals surface area contributed by atoms with Gasteiger partial charge < -0.3 is 15.0 Å². The fourth-order valence-corrected chi connectivity index (χ4v) is 2.57. The summed E-state index contributed by atoms with van der Waals surface area (Å²) < 4.78 is 5.14. The third-order valence-corrected chi connectivity index (χ3v) is 3.63. The highest BCUT2D eigenvalue weighted by Gasteiger charge is 2.25. The van der Waals surface area contributed by atoms with Gasteiger partial charge in [0.2, 0.25) is 0 Å². The van der Waals surface area contributed by atoms with E-state index in [0.717, 1.165) is 19.5 Å². The first kappa shape index (κ1) is 15.4. The topological polar surface area (TPSA) is 41.6 Å². The number of esters is 1. The van der Waals surface area contributed by atoms with Crippen molar-refractivity contribution in [3.05, 3.63) is 0 Å². The van der Waals surface area contributed by atoms with Crippen molar-refractivity contribution < 1.29 is 9.53 Å². The molecule has 4 nitrogen and oxygen atoms in total. The summed E-state index contributed by atoms with van der Waals surface area (Å²) in [4.78, 5) is 14.2. The van der Waals surface area contributed by atoms with Crippen LogP contribution in [0, 0.1) is 0 Å². The first-order valence-corrected chi connectivity index (χ1v) is 7.29. The molecule has 0 spiro atoms. The number of hydrogen-bond donors (Lipinski definition) is 1. The molecule has 0 aliphatic heterocycles. The molecule has 1 saturated carbocycles. The molecular weight excluding hydrogens is 228 g/mol. The van der Waals surface area contributed by atoms with E-state index in [2.05, 4.69) is 24.2 Å². The highest BCUT2D eigenvalue weighted by atomic mass is 16.5. The van der Waals surface area contributed by atoms with E-state index in [0.29, 0.717) is 12.6 Å². The molecule has 0 heterocycles. The van der Waals surface area contributed by atoms with Crippen molar-refractivity contribution in [2.75, 3.05) is 26.7 Å². The summed E-state index contributed by atoms with van der Waals surface area (Å²) in [5.41, 5.74) is 0. The molecule has 1 rings (SSSR count). The van der Waals surface area contributed by atoms with Gasteiger partial charge in [-0.15, -0.1) is 0 Å². The highest BCUT2D eigenvalue weighted by Crippen LogP contribution is 2.22. The molecule has 0 amide bonds. The fraction of sp³-hybridized carbons (Fsp3) is 0.929. The van der Waals surface area contributed by atoms with Crippen LogP contribution < -0.4 is 5.32 Å². The Morgan fingerprint density at radius 1 is 1.39 bits per heavy atom. The van der Waals surface area contributed by atoms with Crippen LogP contribution in [0.3, 0.4) is 0 Å². The van der Waals surface area contributed by atoms with Crippen molar-refractivity contribution in [1.29, 1.82) is 0 Å². The highest BCUT2D eigenvalue weighted by molar-refractivity contribution is 5.76. The minimum Gasteiger partial charge on any atom is -0.465 e. The minimum atomic E-state index is -0.185. The number of carbonyl (C=O) groups excluding carboxylic acids is 1. The standard InChI is InChI=1S/C14H28N2O2/c1-4-10-15-13(14(17)18-5-2)11-16(3)12-8-6-7-9-12/h12-13,15H,4-11H2,1-3H3. The second kappa shape index (κ2) is 8.48. The SMILES string of the molecule is CCCNC(CN(C)C1CCCC1)C(=O)OCC. The van der Waals surface area contributed by atoms with Crippen molar-refractivity contribution >= 4 is 5.97 Å². The molecule has 1 aliphatic rings. The van der Waals surface area contributed by atoms with Crippen LogP contribution in [0.4, 0.5) is 0 Å². The van der Waals surface area contributed by atoms with Gasteiger partial charge in [0.05, 0.1) is 6.61 Å². The Kier molecular flexibility index (Phi) is 7.28. The Hall–Kier alpha value is -0.610. The lowest BCUT2D eigenvalue weighted by atomic mass is 10.2. The van der Waals surface area contributed by atoms with Gasteiger partial charge in [0.1, 0.15) is 6.04 Å². The first-order chi connectivity index (χ1) is 8.69. The molecule has 0 saturated heterocycles. The molecule has 0 bridgehead atoms. The van der Waals surface area contributed by atoms with Crippen LogP contribution in [0.25, 0.3) is 0 Å². The molecule has 106 valence electrons. The third kappa shape index (κ3) is 4.94. The van der Waals surface area contributed by atoms with E-state index < -0.39 is 0 Å². The van der Waals surface area contributed by atoms with Gasteiger partial charge in [-0.05, 0) is 39.8 Å². The van der Waals surface area contributed by atoms with Crippen LogP contribution >= 0.6 is 0 Å². The number of likely N-dealkylation sites (N-methyl/N-ethyl adjacent to an activating group) is 1. The molecule has 1 unspecified atom stereocenters. The number of hydrogen-bond acceptors (Lipinski definition) is 4. The monoisotopic (exact) mass is 256 g/mol. The van der Waals surface area contributed by atoms with E-state index >= 15 is 0 Å². The summed E-state index contributed by atoms with van der Waals surface area (Å²) in [5, 5.41) is 3.29. The normalized spacial score (nSPS) is 18.2. The molecule has 1 fully saturated rings. The van der Waals surface area contributed by atoms with Crippen molar-refractivity contribution in [2.24, 2.45) is 0 Å². The van der Waals surface area contributed by atoms with Crippen LogP contribution in [0.1, 0.15) is 46.0 Å². The second-order valence-electron chi connectivity index (χ2n) is 5.14. The molecular formula is C14H28N2O2. The molecule has 0 radical (unpaired) electrons. The van der Waals surface area contributed by atoms with E-state index in [1.165, 1.54) is 25.7 Å². The molecule has 0 aromatic heterocycles. The lowest BCUT2D eigenvalue weighted by Gasteiger charge is -2.28. The summed E-state index contributed by atoms with van der Waals surface area (Å²) in [6.45, 7) is 6.03. The Morgan fingerprint density at radius 3 is 2.61 bits per heavy atom. The summed E-state index contributed by atoms with van der Waals surface area (Å²) in [6.07, 6.45) is 6.20. The number of ether oxygens (including phenoxy) is 1. The Morgan fingerprint density at radius 2 is 2.06 bits per heavy atom. The third-order valence-electron chi connectivity index (χ3n) is 3.63. The summed E-state index contributed by atoms with van der Waals surface area (Å²) in [5.74, 6) is -0.115. The first-order valence-electron chi connectivity index (χ1n) is 7.29. The minimum absolute atomic E-state index is 0.115. The van der Waals surface area contributed by atoms with Crippen LogP contribution in [-0.2, 0) is 9.53 Å². The van der Waals surface area contributed by atoms with Crippen LogP contribution in [0.5, 0.6) is 0 Å². The van der Waals surface area contributed by atoms with Crippen molar-refractivity contribution in [3.8, 4) is 0 Å². The van der Waals surface area contributed by atoms with E-state index in [-0.39, 0.29) is 12.0 Å². The van der Waals surface area contributed by atoms with E-state index in [1.807, 2.05) is 6.92 Å². The number of nitrogens with zero attached hydrogens (tertiary/aromatic N) is 1. The van der Waals surface area contributed by atoms with Gasteiger partial charge in [-0.2, -0.15) is 0 Å². The quantitative estimate of drug-likeness (QED) is 0.672. The zero-order valence-corrected chi connectivity index (χ0v) is 12.1. The summed E-state index contributed by atoms with van der Waals surface area (Å²) in [7, 11) is 2.12. The predicted octanol–water partition coefficient (Wildman–Crippen LogP) is 1.79. The van der Waals surface area contributed by atoms with E-state index in [9.17, 15) is 4.79 Å². The van der Waals surface area contributed by atoms with Gasteiger partial charge >= 0.3 is 5.97 Å². The summed E-state index contributed by atoms with van der Waals surface area (Å²) in [6, 6.07) is 0.459. The van der Waals surface area contributed by atoms with Crippen LogP contribution in [0.2, 0.25) is 0 Å².